The Morgan fingerprint density at radius 2 is 1.88 bits per heavy atom. The number of alkyl halides is 2. The van der Waals surface area contributed by atoms with Crippen molar-refractivity contribution in [2.45, 2.75) is 26.3 Å². The molecule has 0 radical (unpaired) electrons. The molecule has 0 saturated heterocycles. The molecule has 94 valence electrons. The van der Waals surface area contributed by atoms with Gasteiger partial charge in [-0.05, 0) is 32.4 Å². The second-order valence-corrected chi connectivity index (χ2v) is 5.72. The minimum Gasteiger partial charge on any atom is -0.345 e. The number of carbonyl (C=O) groups excluding carboxylic acids is 1. The molecule has 0 bridgehead atoms. The quantitative estimate of drug-likeness (QED) is 0.815. The van der Waals surface area contributed by atoms with Crippen LogP contribution in [0.15, 0.2) is 18.2 Å². The van der Waals surface area contributed by atoms with Gasteiger partial charge in [0.05, 0.1) is 5.54 Å². The molecule has 1 amide bonds. The van der Waals surface area contributed by atoms with E-state index in [-0.39, 0.29) is 11.4 Å². The SMILES string of the molecule is Cc1ccc(C)c(C(=O)NC(C)(CBr)CBr)c1. The van der Waals surface area contributed by atoms with E-state index in [1.807, 2.05) is 39.0 Å². The third-order valence-electron chi connectivity index (χ3n) is 2.64. The van der Waals surface area contributed by atoms with Crippen molar-refractivity contribution in [2.75, 3.05) is 10.7 Å². The van der Waals surface area contributed by atoms with Crippen LogP contribution in [0, 0.1) is 13.8 Å². The monoisotopic (exact) mass is 361 g/mol. The average Bonchev–Trinajstić information content (AvgIpc) is 2.32. The average molecular weight is 363 g/mol. The maximum atomic E-state index is 12.2. The first-order valence-corrected chi connectivity index (χ1v) is 7.68. The van der Waals surface area contributed by atoms with Crippen molar-refractivity contribution < 1.29 is 4.79 Å². The highest BCUT2D eigenvalue weighted by Crippen LogP contribution is 2.15. The minimum absolute atomic E-state index is 0.0207. The molecule has 1 aromatic carbocycles. The number of rotatable bonds is 4. The lowest BCUT2D eigenvalue weighted by molar-refractivity contribution is 0.0922. The molecule has 0 aliphatic carbocycles. The molecule has 0 aliphatic rings. The first-order valence-electron chi connectivity index (χ1n) is 5.43. The van der Waals surface area contributed by atoms with E-state index in [4.69, 9.17) is 0 Å². The van der Waals surface area contributed by atoms with Gasteiger partial charge in [-0.1, -0.05) is 49.6 Å². The fourth-order valence-electron chi connectivity index (χ4n) is 1.42. The molecule has 0 spiro atoms. The zero-order valence-electron chi connectivity index (χ0n) is 10.3. The highest BCUT2D eigenvalue weighted by atomic mass is 79.9. The number of benzene rings is 1. The van der Waals surface area contributed by atoms with E-state index in [2.05, 4.69) is 37.2 Å². The van der Waals surface area contributed by atoms with E-state index in [1.165, 1.54) is 0 Å². The first kappa shape index (κ1) is 14.7. The van der Waals surface area contributed by atoms with Gasteiger partial charge < -0.3 is 5.32 Å². The van der Waals surface area contributed by atoms with Crippen molar-refractivity contribution in [3.63, 3.8) is 0 Å². The first-order chi connectivity index (χ1) is 7.91. The number of carbonyl (C=O) groups is 1. The largest absolute Gasteiger partial charge is 0.345 e. The Balaban J connectivity index is 2.94. The second kappa shape index (κ2) is 6.01. The van der Waals surface area contributed by atoms with Crippen molar-refractivity contribution >= 4 is 37.8 Å². The van der Waals surface area contributed by atoms with Gasteiger partial charge in [0, 0.05) is 16.2 Å². The third-order valence-corrected chi connectivity index (χ3v) is 5.12. The molecule has 17 heavy (non-hydrogen) atoms. The predicted octanol–water partition coefficient (Wildman–Crippen LogP) is 3.58. The summed E-state index contributed by atoms with van der Waals surface area (Å²) in [7, 11) is 0. The van der Waals surface area contributed by atoms with Crippen LogP contribution >= 0.6 is 31.9 Å². The van der Waals surface area contributed by atoms with Gasteiger partial charge in [0.2, 0.25) is 0 Å². The maximum Gasteiger partial charge on any atom is 0.252 e. The number of hydrogen-bond donors (Lipinski definition) is 1. The molecule has 0 atom stereocenters. The molecule has 0 unspecified atom stereocenters. The molecule has 0 saturated carbocycles. The Labute approximate surface area is 119 Å². The van der Waals surface area contributed by atoms with Crippen LogP contribution < -0.4 is 5.32 Å². The Morgan fingerprint density at radius 1 is 1.29 bits per heavy atom. The molecular weight excluding hydrogens is 346 g/mol. The van der Waals surface area contributed by atoms with Crippen LogP contribution in [0.25, 0.3) is 0 Å². The summed E-state index contributed by atoms with van der Waals surface area (Å²) in [5.74, 6) is -0.0207. The summed E-state index contributed by atoms with van der Waals surface area (Å²) in [6.45, 7) is 5.94. The number of nitrogens with one attached hydrogen (secondary N) is 1. The van der Waals surface area contributed by atoms with Gasteiger partial charge in [-0.15, -0.1) is 0 Å². The van der Waals surface area contributed by atoms with Crippen molar-refractivity contribution in [1.29, 1.82) is 0 Å². The lowest BCUT2D eigenvalue weighted by Crippen LogP contribution is -2.49. The van der Waals surface area contributed by atoms with Crippen LogP contribution in [-0.2, 0) is 0 Å². The van der Waals surface area contributed by atoms with Crippen LogP contribution in [0.2, 0.25) is 0 Å². The van der Waals surface area contributed by atoms with Crippen LogP contribution in [0.4, 0.5) is 0 Å². The fraction of sp³-hybridized carbons (Fsp3) is 0.462. The molecule has 2 nitrogen and oxygen atoms in total. The highest BCUT2D eigenvalue weighted by Gasteiger charge is 2.24. The zero-order chi connectivity index (χ0) is 13.1. The summed E-state index contributed by atoms with van der Waals surface area (Å²) in [6.07, 6.45) is 0. The van der Waals surface area contributed by atoms with E-state index >= 15 is 0 Å². The Bertz CT molecular complexity index is 414. The van der Waals surface area contributed by atoms with Crippen LogP contribution in [0.1, 0.15) is 28.4 Å². The second-order valence-electron chi connectivity index (χ2n) is 4.60. The van der Waals surface area contributed by atoms with Gasteiger partial charge in [0.25, 0.3) is 5.91 Å². The number of halogens is 2. The molecule has 0 heterocycles. The van der Waals surface area contributed by atoms with Crippen molar-refractivity contribution in [3.05, 3.63) is 34.9 Å². The van der Waals surface area contributed by atoms with Gasteiger partial charge in [-0.2, -0.15) is 0 Å². The molecule has 1 aromatic rings. The predicted molar refractivity (Wildman–Crippen MR) is 79.4 cm³/mol. The lowest BCUT2D eigenvalue weighted by atomic mass is 10.0. The summed E-state index contributed by atoms with van der Waals surface area (Å²) < 4.78 is 0. The molecule has 0 aromatic heterocycles. The molecule has 0 fully saturated rings. The van der Waals surface area contributed by atoms with Crippen molar-refractivity contribution in [3.8, 4) is 0 Å². The minimum atomic E-state index is -0.271. The van der Waals surface area contributed by atoms with Crippen LogP contribution in [0.5, 0.6) is 0 Å². The fourth-order valence-corrected chi connectivity index (χ4v) is 2.63. The zero-order valence-corrected chi connectivity index (χ0v) is 13.5. The smallest absolute Gasteiger partial charge is 0.252 e. The number of aryl methyl sites for hydroxylation is 2. The number of amides is 1. The molecule has 0 aliphatic heterocycles. The van der Waals surface area contributed by atoms with E-state index < -0.39 is 0 Å². The molecule has 4 heteroatoms. The maximum absolute atomic E-state index is 12.2. The Kier molecular flexibility index (Phi) is 5.20. The van der Waals surface area contributed by atoms with Gasteiger partial charge in [0.15, 0.2) is 0 Å². The Hall–Kier alpha value is -0.350. The van der Waals surface area contributed by atoms with E-state index in [1.54, 1.807) is 0 Å². The summed E-state index contributed by atoms with van der Waals surface area (Å²) in [5.41, 5.74) is 2.57. The summed E-state index contributed by atoms with van der Waals surface area (Å²) in [6, 6.07) is 5.91. The lowest BCUT2D eigenvalue weighted by Gasteiger charge is -2.26. The van der Waals surface area contributed by atoms with Crippen molar-refractivity contribution in [1.82, 2.24) is 5.32 Å². The van der Waals surface area contributed by atoms with Gasteiger partial charge in [-0.3, -0.25) is 4.79 Å². The summed E-state index contributed by atoms with van der Waals surface area (Å²) in [5, 5.41) is 4.46. The molecular formula is C13H17Br2NO. The third kappa shape index (κ3) is 3.81. The molecule has 1 rings (SSSR count). The summed E-state index contributed by atoms with van der Waals surface area (Å²) in [4.78, 5) is 12.2. The van der Waals surface area contributed by atoms with E-state index in [0.717, 1.165) is 16.7 Å². The van der Waals surface area contributed by atoms with Gasteiger partial charge >= 0.3 is 0 Å². The molecule has 1 N–H and O–H groups in total. The van der Waals surface area contributed by atoms with E-state index in [9.17, 15) is 4.79 Å². The normalized spacial score (nSPS) is 11.4. The standard InChI is InChI=1S/C13H17Br2NO/c1-9-4-5-10(2)11(6-9)12(17)16-13(3,7-14)8-15/h4-6H,7-8H2,1-3H3,(H,16,17). The van der Waals surface area contributed by atoms with Crippen LogP contribution in [0.3, 0.4) is 0 Å². The Morgan fingerprint density at radius 3 is 2.41 bits per heavy atom. The topological polar surface area (TPSA) is 29.1 Å². The van der Waals surface area contributed by atoms with Gasteiger partial charge in [0.1, 0.15) is 0 Å². The van der Waals surface area contributed by atoms with E-state index in [0.29, 0.717) is 10.7 Å². The summed E-state index contributed by atoms with van der Waals surface area (Å²) >= 11 is 6.84. The van der Waals surface area contributed by atoms with Gasteiger partial charge in [-0.25, -0.2) is 0 Å². The van der Waals surface area contributed by atoms with Crippen LogP contribution in [-0.4, -0.2) is 22.1 Å². The van der Waals surface area contributed by atoms with Crippen molar-refractivity contribution in [2.24, 2.45) is 0 Å². The number of hydrogen-bond acceptors (Lipinski definition) is 1. The highest BCUT2D eigenvalue weighted by molar-refractivity contribution is 9.09.